The van der Waals surface area contributed by atoms with Gasteiger partial charge < -0.3 is 26.8 Å². The molecule has 4 amide bonds. The number of nitrogens with zero attached hydrogens (tertiary/aromatic N) is 6. The van der Waals surface area contributed by atoms with Crippen LogP contribution in [0.3, 0.4) is 0 Å². The highest BCUT2D eigenvalue weighted by atomic mass is 32.2. The Labute approximate surface area is 300 Å². The van der Waals surface area contributed by atoms with Gasteiger partial charge in [-0.1, -0.05) is 49.5 Å². The molecule has 2 aliphatic heterocycles. The molecule has 0 bridgehead atoms. The number of carbonyl (C=O) groups is 5. The van der Waals surface area contributed by atoms with Crippen LogP contribution in [0, 0.1) is 5.92 Å². The number of para-hydroxylation sites is 1. The molecular formula is C34H45N9O8S. The maximum Gasteiger partial charge on any atom is 0.287 e. The molecule has 18 heteroatoms. The van der Waals surface area contributed by atoms with E-state index in [1.807, 2.05) is 0 Å². The molecule has 1 saturated carbocycles. The van der Waals surface area contributed by atoms with Gasteiger partial charge in [0.15, 0.2) is 9.84 Å². The Morgan fingerprint density at radius 1 is 1.06 bits per heavy atom. The molecule has 2 aromatic heterocycles. The third-order valence-corrected chi connectivity index (χ3v) is 12.5. The Morgan fingerprint density at radius 3 is 2.38 bits per heavy atom. The summed E-state index contributed by atoms with van der Waals surface area (Å²) in [5.74, 6) is -5.16. The van der Waals surface area contributed by atoms with Crippen molar-refractivity contribution >= 4 is 50.2 Å². The molecule has 3 aromatic rings. The van der Waals surface area contributed by atoms with E-state index < -0.39 is 80.0 Å². The number of ketones is 1. The van der Waals surface area contributed by atoms with Gasteiger partial charge in [-0.05, 0) is 45.1 Å². The second kappa shape index (κ2) is 14.0. The van der Waals surface area contributed by atoms with Gasteiger partial charge in [-0.25, -0.2) is 13.1 Å². The molecule has 4 heterocycles. The lowest BCUT2D eigenvalue weighted by Crippen LogP contribution is -2.64. The fraction of sp³-hybridized carbons (Fsp3) is 0.588. The lowest BCUT2D eigenvalue weighted by Gasteiger charge is -2.37. The first kappa shape index (κ1) is 37.1. The minimum Gasteiger partial charge on any atom is -0.384 e. The van der Waals surface area contributed by atoms with Crippen molar-refractivity contribution in [2.24, 2.45) is 17.4 Å². The smallest absolute Gasteiger partial charge is 0.287 e. The summed E-state index contributed by atoms with van der Waals surface area (Å²) in [7, 11) is -3.53. The van der Waals surface area contributed by atoms with E-state index in [9.17, 15) is 32.7 Å². The van der Waals surface area contributed by atoms with Crippen molar-refractivity contribution in [1.29, 1.82) is 0 Å². The standard InChI is InChI=1S/C34H45N9O8S/c1-33(2,49)26-18-37-40-42(26)22-16-24(31(47)39-34(28(44)30(36)46)11-13-52(50,51)14-12-34)41(19-22)32(48)25(15-20-7-4-3-5-8-20)43-27-21(17-38-43)9-6-10-23(27)29(35)45/h6,9-10,17-18,20,22,24-25,49H,3-5,7-8,11-16,19H2,1-2H3,(H2,35,45)(H2,36,46)(H,39,47)/t22-,24-,25+/m0/s1. The largest absolute Gasteiger partial charge is 0.384 e. The van der Waals surface area contributed by atoms with E-state index in [-0.39, 0.29) is 37.3 Å². The van der Waals surface area contributed by atoms with Crippen LogP contribution in [-0.2, 0) is 34.6 Å². The minimum atomic E-state index is -3.53. The fourth-order valence-electron chi connectivity index (χ4n) is 8.06. The van der Waals surface area contributed by atoms with Crippen LogP contribution < -0.4 is 16.8 Å². The van der Waals surface area contributed by atoms with E-state index in [0.29, 0.717) is 23.0 Å². The number of fused-ring (bicyclic) bond motifs is 1. The summed E-state index contributed by atoms with van der Waals surface area (Å²) in [5, 5.41) is 26.9. The lowest BCUT2D eigenvalue weighted by atomic mass is 9.84. The molecule has 3 atom stereocenters. The van der Waals surface area contributed by atoms with Gasteiger partial charge in [0.1, 0.15) is 23.2 Å². The molecule has 6 N–H and O–H groups in total. The van der Waals surface area contributed by atoms with Crippen LogP contribution >= 0.6 is 0 Å². The molecule has 2 saturated heterocycles. The highest BCUT2D eigenvalue weighted by Crippen LogP contribution is 2.38. The highest BCUT2D eigenvalue weighted by Gasteiger charge is 2.51. The fourth-order valence-corrected chi connectivity index (χ4v) is 9.58. The van der Waals surface area contributed by atoms with Gasteiger partial charge >= 0.3 is 0 Å². The summed E-state index contributed by atoms with van der Waals surface area (Å²) >= 11 is 0. The normalized spacial score (nSPS) is 22.6. The van der Waals surface area contributed by atoms with Crippen molar-refractivity contribution in [3.63, 3.8) is 0 Å². The van der Waals surface area contributed by atoms with Crippen LogP contribution in [0.5, 0.6) is 0 Å². The van der Waals surface area contributed by atoms with Crippen LogP contribution in [0.4, 0.5) is 0 Å². The van der Waals surface area contributed by atoms with Gasteiger partial charge in [-0.2, -0.15) is 5.10 Å². The topological polar surface area (TPSA) is 256 Å². The van der Waals surface area contributed by atoms with Gasteiger partial charge in [-0.3, -0.25) is 28.7 Å². The molecular weight excluding hydrogens is 694 g/mol. The van der Waals surface area contributed by atoms with Gasteiger partial charge in [-0.15, -0.1) is 5.10 Å². The summed E-state index contributed by atoms with van der Waals surface area (Å²) in [6, 6.07) is 2.13. The first-order chi connectivity index (χ1) is 24.5. The monoisotopic (exact) mass is 739 g/mol. The minimum absolute atomic E-state index is 0.0221. The average molecular weight is 740 g/mol. The molecule has 6 rings (SSSR count). The Bertz CT molecular complexity index is 2000. The van der Waals surface area contributed by atoms with E-state index in [1.165, 1.54) is 20.5 Å². The highest BCUT2D eigenvalue weighted by molar-refractivity contribution is 7.91. The van der Waals surface area contributed by atoms with Crippen molar-refractivity contribution in [2.45, 2.75) is 101 Å². The Morgan fingerprint density at radius 2 is 1.75 bits per heavy atom. The Kier molecular flexibility index (Phi) is 9.99. The van der Waals surface area contributed by atoms with Gasteiger partial charge in [0, 0.05) is 18.4 Å². The van der Waals surface area contributed by atoms with Crippen molar-refractivity contribution < 1.29 is 37.5 Å². The number of aliphatic hydroxyl groups is 1. The van der Waals surface area contributed by atoms with E-state index in [4.69, 9.17) is 11.5 Å². The number of nitrogens with two attached hydrogens (primary N) is 2. The van der Waals surface area contributed by atoms with Crippen molar-refractivity contribution in [2.75, 3.05) is 18.1 Å². The number of hydrogen-bond donors (Lipinski definition) is 4. The Hall–Kier alpha value is -4.71. The van der Waals surface area contributed by atoms with Gasteiger partial charge in [0.25, 0.3) is 11.8 Å². The number of amides is 4. The molecule has 3 aliphatic rings. The summed E-state index contributed by atoms with van der Waals surface area (Å²) < 4.78 is 27.7. The molecule has 0 unspecified atom stereocenters. The van der Waals surface area contributed by atoms with Crippen LogP contribution in [0.2, 0.25) is 0 Å². The molecule has 52 heavy (non-hydrogen) atoms. The average Bonchev–Trinajstić information content (AvgIpc) is 3.86. The number of primary amides is 2. The molecule has 17 nitrogen and oxygen atoms in total. The number of hydrogen-bond acceptors (Lipinski definition) is 11. The number of Topliss-reactive ketones (excluding diaryl/α,β-unsaturated/α-hetero) is 1. The second-order valence-electron chi connectivity index (χ2n) is 14.9. The van der Waals surface area contributed by atoms with Crippen LogP contribution in [0.1, 0.15) is 99.8 Å². The lowest BCUT2D eigenvalue weighted by molar-refractivity contribution is -0.145. The van der Waals surface area contributed by atoms with Crippen LogP contribution in [-0.4, -0.2) is 102 Å². The first-order valence-electron chi connectivity index (χ1n) is 17.6. The number of nitrogens with one attached hydrogen (secondary N) is 1. The van der Waals surface area contributed by atoms with E-state index in [0.717, 1.165) is 32.1 Å². The summed E-state index contributed by atoms with van der Waals surface area (Å²) in [4.78, 5) is 68.9. The van der Waals surface area contributed by atoms with Crippen LogP contribution in [0.25, 0.3) is 10.9 Å². The van der Waals surface area contributed by atoms with E-state index in [1.54, 1.807) is 38.2 Å². The number of carbonyl (C=O) groups excluding carboxylic acids is 5. The molecule has 0 spiro atoms. The predicted octanol–water partition coefficient (Wildman–Crippen LogP) is 0.426. The van der Waals surface area contributed by atoms with Gasteiger partial charge in [0.2, 0.25) is 17.6 Å². The summed E-state index contributed by atoms with van der Waals surface area (Å²) in [6.45, 7) is 3.05. The summed E-state index contributed by atoms with van der Waals surface area (Å²) in [5.41, 5.74) is 8.80. The number of likely N-dealkylation sites (tertiary alicyclic amines) is 1. The third-order valence-electron chi connectivity index (χ3n) is 10.9. The molecule has 1 aliphatic carbocycles. The van der Waals surface area contributed by atoms with Crippen LogP contribution in [0.15, 0.2) is 30.6 Å². The predicted molar refractivity (Wildman–Crippen MR) is 186 cm³/mol. The first-order valence-corrected chi connectivity index (χ1v) is 19.4. The zero-order valence-corrected chi connectivity index (χ0v) is 30.0. The van der Waals surface area contributed by atoms with Crippen molar-refractivity contribution in [3.8, 4) is 0 Å². The van der Waals surface area contributed by atoms with Crippen molar-refractivity contribution in [1.82, 2.24) is 35.0 Å². The number of rotatable bonds is 11. The molecule has 1 aromatic carbocycles. The zero-order chi connectivity index (χ0) is 37.6. The van der Waals surface area contributed by atoms with Gasteiger partial charge in [0.05, 0.1) is 46.7 Å². The molecule has 3 fully saturated rings. The van der Waals surface area contributed by atoms with E-state index >= 15 is 4.79 Å². The number of aromatic nitrogens is 5. The zero-order valence-electron chi connectivity index (χ0n) is 29.2. The second-order valence-corrected chi connectivity index (χ2v) is 17.2. The maximum atomic E-state index is 15.1. The number of sulfone groups is 1. The molecule has 280 valence electrons. The number of benzene rings is 1. The quantitative estimate of drug-likeness (QED) is 0.196. The molecule has 0 radical (unpaired) electrons. The summed E-state index contributed by atoms with van der Waals surface area (Å²) in [6.07, 6.45) is 7.40. The van der Waals surface area contributed by atoms with Crippen molar-refractivity contribution in [3.05, 3.63) is 41.9 Å². The van der Waals surface area contributed by atoms with E-state index in [2.05, 4.69) is 20.7 Å². The Balaban J connectivity index is 1.43. The maximum absolute atomic E-state index is 15.1. The SMILES string of the molecule is CC(C)(O)c1cnnn1[C@H]1C[C@@H](C(=O)NC2(C(=O)C(N)=O)CCS(=O)(=O)CC2)N(C(=O)[C@@H](CC2CCCCC2)n2ncc3cccc(C(N)=O)c32)C1. The third kappa shape index (κ3) is 7.17.